The van der Waals surface area contributed by atoms with Crippen LogP contribution in [0.25, 0.3) is 10.2 Å². The van der Waals surface area contributed by atoms with Gasteiger partial charge in [0.2, 0.25) is 0 Å². The second kappa shape index (κ2) is 10.8. The summed E-state index contributed by atoms with van der Waals surface area (Å²) < 4.78 is 17.1. The number of aromatic nitrogens is 1. The first kappa shape index (κ1) is 23.3. The summed E-state index contributed by atoms with van der Waals surface area (Å²) in [5.41, 5.74) is 4.11. The molecule has 0 fully saturated rings. The number of esters is 1. The van der Waals surface area contributed by atoms with Crippen LogP contribution in [0.1, 0.15) is 16.7 Å². The van der Waals surface area contributed by atoms with Gasteiger partial charge in [0.05, 0.1) is 10.2 Å². The molecule has 1 N–H and O–H groups in total. The minimum Gasteiger partial charge on any atom is -0.489 e. The van der Waals surface area contributed by atoms with Gasteiger partial charge in [-0.25, -0.2) is 9.78 Å². The second-order valence-corrected chi connectivity index (χ2v) is 8.72. The summed E-state index contributed by atoms with van der Waals surface area (Å²) in [5, 5.41) is 3.14. The maximum atomic E-state index is 12.1. The van der Waals surface area contributed by atoms with Gasteiger partial charge in [-0.15, -0.1) is 0 Å². The molecular weight excluding hydrogens is 452 g/mol. The van der Waals surface area contributed by atoms with E-state index in [2.05, 4.69) is 10.3 Å². The predicted molar refractivity (Wildman–Crippen MR) is 131 cm³/mol. The summed E-state index contributed by atoms with van der Waals surface area (Å²) in [7, 11) is 0. The Hall–Kier alpha value is -3.91. The second-order valence-electron chi connectivity index (χ2n) is 7.69. The number of ether oxygens (including phenoxy) is 3. The van der Waals surface area contributed by atoms with Crippen LogP contribution < -0.4 is 14.8 Å². The number of fused-ring (bicyclic) bond motifs is 1. The van der Waals surface area contributed by atoms with Gasteiger partial charge in [-0.3, -0.25) is 10.1 Å². The zero-order valence-corrected chi connectivity index (χ0v) is 19.7. The van der Waals surface area contributed by atoms with Crippen molar-refractivity contribution in [3.05, 3.63) is 83.4 Å². The zero-order chi connectivity index (χ0) is 23.9. The Morgan fingerprint density at radius 1 is 0.912 bits per heavy atom. The van der Waals surface area contributed by atoms with Gasteiger partial charge in [0, 0.05) is 0 Å². The van der Waals surface area contributed by atoms with Crippen molar-refractivity contribution in [3.63, 3.8) is 0 Å². The van der Waals surface area contributed by atoms with Crippen LogP contribution in [0.5, 0.6) is 11.5 Å². The van der Waals surface area contributed by atoms with Crippen molar-refractivity contribution in [1.29, 1.82) is 0 Å². The fourth-order valence-electron chi connectivity index (χ4n) is 3.28. The maximum absolute atomic E-state index is 12.1. The zero-order valence-electron chi connectivity index (χ0n) is 18.9. The van der Waals surface area contributed by atoms with Gasteiger partial charge in [-0.2, -0.15) is 0 Å². The topological polar surface area (TPSA) is 86.8 Å². The van der Waals surface area contributed by atoms with Crippen molar-refractivity contribution in [2.75, 3.05) is 18.5 Å². The number of amides is 1. The summed E-state index contributed by atoms with van der Waals surface area (Å²) in [6.07, 6.45) is 0. The molecule has 0 aliphatic heterocycles. The van der Waals surface area contributed by atoms with E-state index in [9.17, 15) is 9.59 Å². The first-order valence-electron chi connectivity index (χ1n) is 10.7. The smallest absolute Gasteiger partial charge is 0.344 e. The quantitative estimate of drug-likeness (QED) is 0.340. The average molecular weight is 477 g/mol. The number of rotatable bonds is 9. The largest absolute Gasteiger partial charge is 0.489 e. The molecule has 8 heteroatoms. The van der Waals surface area contributed by atoms with Crippen LogP contribution in [0.4, 0.5) is 5.13 Å². The van der Waals surface area contributed by atoms with E-state index in [1.807, 2.05) is 56.3 Å². The third-order valence-corrected chi connectivity index (χ3v) is 5.79. The van der Waals surface area contributed by atoms with Gasteiger partial charge < -0.3 is 14.2 Å². The van der Waals surface area contributed by atoms with Crippen LogP contribution in [0.15, 0.2) is 66.7 Å². The number of nitrogens with zero attached hydrogens (tertiary/aromatic N) is 1. The van der Waals surface area contributed by atoms with Crippen LogP contribution in [0.2, 0.25) is 0 Å². The molecule has 0 saturated carbocycles. The number of carbonyl (C=O) groups excluding carboxylic acids is 2. The van der Waals surface area contributed by atoms with E-state index in [0.717, 1.165) is 26.9 Å². The van der Waals surface area contributed by atoms with E-state index in [1.165, 1.54) is 11.3 Å². The van der Waals surface area contributed by atoms with Crippen molar-refractivity contribution >= 4 is 38.6 Å². The number of anilines is 1. The fraction of sp³-hybridized carbons (Fsp3) is 0.192. The van der Waals surface area contributed by atoms with Crippen LogP contribution >= 0.6 is 11.3 Å². The lowest BCUT2D eigenvalue weighted by Crippen LogP contribution is -2.23. The third-order valence-electron chi connectivity index (χ3n) is 4.87. The molecule has 0 bridgehead atoms. The number of carbonyl (C=O) groups is 2. The molecule has 34 heavy (non-hydrogen) atoms. The molecule has 4 rings (SSSR count). The first-order valence-corrected chi connectivity index (χ1v) is 11.5. The van der Waals surface area contributed by atoms with Crippen molar-refractivity contribution in [2.24, 2.45) is 0 Å². The Kier molecular flexibility index (Phi) is 7.39. The summed E-state index contributed by atoms with van der Waals surface area (Å²) in [6, 6.07) is 20.9. The monoisotopic (exact) mass is 476 g/mol. The summed E-state index contributed by atoms with van der Waals surface area (Å²) >= 11 is 1.38. The molecule has 1 amide bonds. The average Bonchev–Trinajstić information content (AvgIpc) is 3.24. The Balaban J connectivity index is 1.19. The first-order chi connectivity index (χ1) is 16.5. The highest BCUT2D eigenvalue weighted by Crippen LogP contribution is 2.29. The van der Waals surface area contributed by atoms with Gasteiger partial charge in [0.1, 0.15) is 18.1 Å². The number of thiazole rings is 1. The number of hydrogen-bond acceptors (Lipinski definition) is 7. The Morgan fingerprint density at radius 2 is 1.62 bits per heavy atom. The minimum absolute atomic E-state index is 0.308. The van der Waals surface area contributed by atoms with E-state index in [0.29, 0.717) is 23.2 Å². The van der Waals surface area contributed by atoms with Crippen LogP contribution in [-0.2, 0) is 20.9 Å². The van der Waals surface area contributed by atoms with Crippen LogP contribution in [0.3, 0.4) is 0 Å². The van der Waals surface area contributed by atoms with Crippen molar-refractivity contribution in [3.8, 4) is 11.5 Å². The third kappa shape index (κ3) is 6.32. The molecule has 1 heterocycles. The van der Waals surface area contributed by atoms with Crippen molar-refractivity contribution in [2.45, 2.75) is 20.5 Å². The number of hydrogen-bond donors (Lipinski definition) is 1. The highest BCUT2D eigenvalue weighted by molar-refractivity contribution is 7.22. The summed E-state index contributed by atoms with van der Waals surface area (Å²) in [5.74, 6) is 0.0845. The molecule has 0 saturated heterocycles. The van der Waals surface area contributed by atoms with E-state index in [-0.39, 0.29) is 6.61 Å². The van der Waals surface area contributed by atoms with E-state index in [4.69, 9.17) is 14.2 Å². The lowest BCUT2D eigenvalue weighted by atomic mass is 10.1. The Morgan fingerprint density at radius 3 is 2.35 bits per heavy atom. The maximum Gasteiger partial charge on any atom is 0.344 e. The molecule has 0 spiro atoms. The Labute approximate surface area is 201 Å². The highest BCUT2D eigenvalue weighted by Gasteiger charge is 2.12. The fourth-order valence-corrected chi connectivity index (χ4v) is 4.34. The van der Waals surface area contributed by atoms with Gasteiger partial charge in [-0.05, 0) is 60.9 Å². The molecule has 7 nitrogen and oxygen atoms in total. The molecular formula is C26H24N2O5S. The molecule has 0 radical (unpaired) electrons. The van der Waals surface area contributed by atoms with E-state index < -0.39 is 18.5 Å². The van der Waals surface area contributed by atoms with Gasteiger partial charge >= 0.3 is 5.97 Å². The Bertz CT molecular complexity index is 1290. The molecule has 0 unspecified atom stereocenters. The number of benzene rings is 3. The molecule has 4 aromatic rings. The molecule has 1 aromatic heterocycles. The molecule has 0 atom stereocenters. The molecule has 0 aliphatic rings. The van der Waals surface area contributed by atoms with Crippen molar-refractivity contribution < 1.29 is 23.8 Å². The molecule has 3 aromatic carbocycles. The van der Waals surface area contributed by atoms with Gasteiger partial charge in [-0.1, -0.05) is 47.7 Å². The lowest BCUT2D eigenvalue weighted by Gasteiger charge is -2.09. The number of nitrogens with one attached hydrogen (secondary N) is 1. The van der Waals surface area contributed by atoms with E-state index >= 15 is 0 Å². The standard InChI is InChI=1S/C26H24N2O5S/c1-17-12-18(2)25-22(13-17)34-26(28-25)27-23(29)15-33-24(30)16-32-21-10-8-20(9-11-21)31-14-19-6-4-3-5-7-19/h3-13H,14-16H2,1-2H3,(H,27,28,29). The van der Waals surface area contributed by atoms with Crippen molar-refractivity contribution in [1.82, 2.24) is 4.98 Å². The minimum atomic E-state index is -0.643. The van der Waals surface area contributed by atoms with Gasteiger partial charge in [0.15, 0.2) is 18.3 Å². The summed E-state index contributed by atoms with van der Waals surface area (Å²) in [4.78, 5) is 28.5. The van der Waals surface area contributed by atoms with Gasteiger partial charge in [0.25, 0.3) is 5.91 Å². The lowest BCUT2D eigenvalue weighted by molar-refractivity contribution is -0.149. The molecule has 0 aliphatic carbocycles. The predicted octanol–water partition coefficient (Wildman–Crippen LogP) is 5.05. The normalized spacial score (nSPS) is 10.6. The summed E-state index contributed by atoms with van der Waals surface area (Å²) in [6.45, 7) is 3.74. The SMILES string of the molecule is Cc1cc(C)c2nc(NC(=O)COC(=O)COc3ccc(OCc4ccccc4)cc3)sc2c1. The van der Waals surface area contributed by atoms with E-state index in [1.54, 1.807) is 24.3 Å². The van der Waals surface area contributed by atoms with Crippen LogP contribution in [-0.4, -0.2) is 30.1 Å². The number of aryl methyl sites for hydroxylation is 2. The highest BCUT2D eigenvalue weighted by atomic mass is 32.1. The van der Waals surface area contributed by atoms with Crippen LogP contribution in [0, 0.1) is 13.8 Å². The molecule has 174 valence electrons.